The van der Waals surface area contributed by atoms with Crippen LogP contribution in [-0.2, 0) is 0 Å². The van der Waals surface area contributed by atoms with Crippen LogP contribution in [0, 0.1) is 0 Å². The second-order valence-corrected chi connectivity index (χ2v) is 4.60. The fourth-order valence-corrected chi connectivity index (χ4v) is 1.83. The van der Waals surface area contributed by atoms with Crippen molar-refractivity contribution >= 4 is 11.6 Å². The van der Waals surface area contributed by atoms with Gasteiger partial charge < -0.3 is 16.0 Å². The molecule has 19 heavy (non-hydrogen) atoms. The predicted octanol–water partition coefficient (Wildman–Crippen LogP) is 2.01. The molecule has 0 saturated carbocycles. The maximum absolute atomic E-state index is 11.6. The summed E-state index contributed by atoms with van der Waals surface area (Å²) < 4.78 is 0. The SMILES string of the molecule is C=C(C)C(CCNC)Nc1cccc(C(=O)NC)c1. The summed E-state index contributed by atoms with van der Waals surface area (Å²) in [6, 6.07) is 7.69. The van der Waals surface area contributed by atoms with E-state index in [2.05, 4.69) is 22.5 Å². The Morgan fingerprint density at radius 1 is 1.37 bits per heavy atom. The smallest absolute Gasteiger partial charge is 0.251 e. The van der Waals surface area contributed by atoms with E-state index in [0.717, 1.165) is 24.2 Å². The second kappa shape index (κ2) is 7.59. The molecule has 0 aliphatic carbocycles. The first kappa shape index (κ1) is 15.2. The van der Waals surface area contributed by atoms with Gasteiger partial charge in [0.2, 0.25) is 0 Å². The Morgan fingerprint density at radius 2 is 2.11 bits per heavy atom. The molecule has 0 radical (unpaired) electrons. The van der Waals surface area contributed by atoms with Crippen molar-refractivity contribution in [1.82, 2.24) is 10.6 Å². The summed E-state index contributed by atoms with van der Waals surface area (Å²) in [5.41, 5.74) is 2.67. The van der Waals surface area contributed by atoms with Gasteiger partial charge in [0.1, 0.15) is 0 Å². The molecular formula is C15H23N3O. The van der Waals surface area contributed by atoms with Gasteiger partial charge in [-0.25, -0.2) is 0 Å². The van der Waals surface area contributed by atoms with Crippen molar-refractivity contribution in [2.45, 2.75) is 19.4 Å². The van der Waals surface area contributed by atoms with E-state index in [1.807, 2.05) is 32.2 Å². The third kappa shape index (κ3) is 4.75. The summed E-state index contributed by atoms with van der Waals surface area (Å²) in [5, 5.41) is 9.17. The van der Waals surface area contributed by atoms with Crippen molar-refractivity contribution in [3.05, 3.63) is 42.0 Å². The molecule has 104 valence electrons. The summed E-state index contributed by atoms with van der Waals surface area (Å²) in [5.74, 6) is -0.0780. The Kier molecular flexibility index (Phi) is 6.09. The average Bonchev–Trinajstić information content (AvgIpc) is 2.42. The number of hydrogen-bond acceptors (Lipinski definition) is 3. The number of amides is 1. The van der Waals surface area contributed by atoms with Gasteiger partial charge in [-0.1, -0.05) is 18.2 Å². The molecule has 1 amide bonds. The van der Waals surface area contributed by atoms with Crippen LogP contribution in [0.4, 0.5) is 5.69 Å². The largest absolute Gasteiger partial charge is 0.379 e. The Balaban J connectivity index is 2.78. The van der Waals surface area contributed by atoms with Crippen LogP contribution in [0.25, 0.3) is 0 Å². The van der Waals surface area contributed by atoms with Crippen LogP contribution in [0.5, 0.6) is 0 Å². The molecule has 1 aromatic rings. The van der Waals surface area contributed by atoms with E-state index < -0.39 is 0 Å². The Labute approximate surface area is 115 Å². The molecule has 1 rings (SSSR count). The topological polar surface area (TPSA) is 53.2 Å². The van der Waals surface area contributed by atoms with E-state index in [-0.39, 0.29) is 11.9 Å². The Hall–Kier alpha value is -1.81. The highest BCUT2D eigenvalue weighted by Gasteiger charge is 2.10. The van der Waals surface area contributed by atoms with Crippen molar-refractivity contribution in [3.63, 3.8) is 0 Å². The zero-order valence-electron chi connectivity index (χ0n) is 11.9. The number of hydrogen-bond donors (Lipinski definition) is 3. The van der Waals surface area contributed by atoms with Gasteiger partial charge in [0.15, 0.2) is 0 Å². The Bertz CT molecular complexity index is 443. The van der Waals surface area contributed by atoms with Gasteiger partial charge in [-0.15, -0.1) is 0 Å². The molecule has 1 atom stereocenters. The van der Waals surface area contributed by atoms with Crippen LogP contribution in [0.3, 0.4) is 0 Å². The van der Waals surface area contributed by atoms with Crippen LogP contribution in [0.1, 0.15) is 23.7 Å². The fraction of sp³-hybridized carbons (Fsp3) is 0.400. The fourth-order valence-electron chi connectivity index (χ4n) is 1.83. The molecule has 4 heteroatoms. The minimum Gasteiger partial charge on any atom is -0.379 e. The molecule has 0 aliphatic heterocycles. The van der Waals surface area contributed by atoms with E-state index in [9.17, 15) is 4.79 Å². The van der Waals surface area contributed by atoms with E-state index >= 15 is 0 Å². The quantitative estimate of drug-likeness (QED) is 0.658. The van der Waals surface area contributed by atoms with Crippen LogP contribution >= 0.6 is 0 Å². The number of benzene rings is 1. The first-order valence-corrected chi connectivity index (χ1v) is 6.47. The van der Waals surface area contributed by atoms with Gasteiger partial charge in [-0.05, 0) is 45.1 Å². The summed E-state index contributed by atoms with van der Waals surface area (Å²) in [7, 11) is 3.56. The lowest BCUT2D eigenvalue weighted by atomic mass is 10.1. The summed E-state index contributed by atoms with van der Waals surface area (Å²) in [6.07, 6.45) is 0.954. The van der Waals surface area contributed by atoms with Crippen molar-refractivity contribution in [1.29, 1.82) is 0 Å². The Morgan fingerprint density at radius 3 is 2.68 bits per heavy atom. The summed E-state index contributed by atoms with van der Waals surface area (Å²) >= 11 is 0. The second-order valence-electron chi connectivity index (χ2n) is 4.60. The molecule has 0 spiro atoms. The molecule has 0 heterocycles. The molecule has 0 saturated heterocycles. The number of carbonyl (C=O) groups is 1. The third-order valence-corrected chi connectivity index (χ3v) is 2.97. The van der Waals surface area contributed by atoms with E-state index in [1.165, 1.54) is 0 Å². The van der Waals surface area contributed by atoms with Crippen LogP contribution in [-0.4, -0.2) is 32.6 Å². The first-order chi connectivity index (χ1) is 9.08. The number of nitrogens with one attached hydrogen (secondary N) is 3. The molecule has 0 bridgehead atoms. The standard InChI is InChI=1S/C15H23N3O/c1-11(2)14(8-9-16-3)18-13-7-5-6-12(10-13)15(19)17-4/h5-7,10,14,16,18H,1,8-9H2,2-4H3,(H,17,19). The minimum atomic E-state index is -0.0780. The molecule has 0 aliphatic rings. The molecule has 1 unspecified atom stereocenters. The molecular weight excluding hydrogens is 238 g/mol. The zero-order chi connectivity index (χ0) is 14.3. The van der Waals surface area contributed by atoms with E-state index in [0.29, 0.717) is 5.56 Å². The third-order valence-electron chi connectivity index (χ3n) is 2.97. The van der Waals surface area contributed by atoms with Gasteiger partial charge in [-0.3, -0.25) is 4.79 Å². The van der Waals surface area contributed by atoms with Gasteiger partial charge >= 0.3 is 0 Å². The lowest BCUT2D eigenvalue weighted by Crippen LogP contribution is -2.25. The molecule has 3 N–H and O–H groups in total. The number of rotatable bonds is 7. The molecule has 1 aromatic carbocycles. The van der Waals surface area contributed by atoms with E-state index in [4.69, 9.17) is 0 Å². The lowest BCUT2D eigenvalue weighted by Gasteiger charge is -2.20. The highest BCUT2D eigenvalue weighted by molar-refractivity contribution is 5.94. The van der Waals surface area contributed by atoms with Gasteiger partial charge in [-0.2, -0.15) is 0 Å². The van der Waals surface area contributed by atoms with Crippen LogP contribution in [0.15, 0.2) is 36.4 Å². The lowest BCUT2D eigenvalue weighted by molar-refractivity contribution is 0.0963. The zero-order valence-corrected chi connectivity index (χ0v) is 11.9. The maximum Gasteiger partial charge on any atom is 0.251 e. The average molecular weight is 261 g/mol. The highest BCUT2D eigenvalue weighted by Crippen LogP contribution is 2.15. The highest BCUT2D eigenvalue weighted by atomic mass is 16.1. The van der Waals surface area contributed by atoms with Crippen molar-refractivity contribution in [2.75, 3.05) is 26.0 Å². The molecule has 0 aromatic heterocycles. The van der Waals surface area contributed by atoms with Crippen molar-refractivity contribution in [2.24, 2.45) is 0 Å². The summed E-state index contributed by atoms with van der Waals surface area (Å²) in [6.45, 7) is 6.93. The van der Waals surface area contributed by atoms with Gasteiger partial charge in [0.05, 0.1) is 0 Å². The van der Waals surface area contributed by atoms with Gasteiger partial charge in [0, 0.05) is 24.3 Å². The minimum absolute atomic E-state index is 0.0780. The normalized spacial score (nSPS) is 11.7. The van der Waals surface area contributed by atoms with Crippen molar-refractivity contribution < 1.29 is 4.79 Å². The van der Waals surface area contributed by atoms with E-state index in [1.54, 1.807) is 13.1 Å². The van der Waals surface area contributed by atoms with Crippen LogP contribution in [0.2, 0.25) is 0 Å². The van der Waals surface area contributed by atoms with Gasteiger partial charge in [0.25, 0.3) is 5.91 Å². The monoisotopic (exact) mass is 261 g/mol. The summed E-state index contributed by atoms with van der Waals surface area (Å²) in [4.78, 5) is 11.6. The first-order valence-electron chi connectivity index (χ1n) is 6.47. The van der Waals surface area contributed by atoms with Crippen LogP contribution < -0.4 is 16.0 Å². The predicted molar refractivity (Wildman–Crippen MR) is 80.6 cm³/mol. The number of carbonyl (C=O) groups excluding carboxylic acids is 1. The van der Waals surface area contributed by atoms with Crippen molar-refractivity contribution in [3.8, 4) is 0 Å². The number of anilines is 1. The molecule has 4 nitrogen and oxygen atoms in total. The maximum atomic E-state index is 11.6. The molecule has 0 fully saturated rings.